The molecule has 0 atom stereocenters. The van der Waals surface area contributed by atoms with Crippen LogP contribution in [0.15, 0.2) is 60.1 Å². The first-order valence-electron chi connectivity index (χ1n) is 11.7. The van der Waals surface area contributed by atoms with Crippen LogP contribution in [-0.4, -0.2) is 32.2 Å². The molecule has 4 heterocycles. The molecule has 5 aromatic rings. The lowest BCUT2D eigenvalue weighted by atomic mass is 9.96. The van der Waals surface area contributed by atoms with Gasteiger partial charge in [-0.15, -0.1) is 0 Å². The molecule has 0 spiro atoms. The lowest BCUT2D eigenvalue weighted by Gasteiger charge is -2.16. The second-order valence-electron chi connectivity index (χ2n) is 8.52. The number of hydrogen-bond acceptors (Lipinski definition) is 11. The summed E-state index contributed by atoms with van der Waals surface area (Å²) in [6.07, 6.45) is 2.56. The highest BCUT2D eigenvalue weighted by Gasteiger charge is 2.30. The molecule has 0 bridgehead atoms. The Morgan fingerprint density at radius 2 is 1.65 bits per heavy atom. The van der Waals surface area contributed by atoms with Gasteiger partial charge in [0.15, 0.2) is 17.0 Å². The number of methoxy groups -OCH3 is 3. The van der Waals surface area contributed by atoms with Crippen molar-refractivity contribution in [3.8, 4) is 40.5 Å². The Balaban J connectivity index is 1.69. The molecule has 196 valence electrons. The maximum absolute atomic E-state index is 13.8. The van der Waals surface area contributed by atoms with Gasteiger partial charge in [-0.05, 0) is 23.8 Å². The molecule has 0 aliphatic carbocycles. The van der Waals surface area contributed by atoms with Crippen LogP contribution in [0.25, 0.3) is 33.1 Å². The van der Waals surface area contributed by atoms with Crippen LogP contribution in [0.1, 0.15) is 16.7 Å². The molecule has 3 aromatic heterocycles. The van der Waals surface area contributed by atoms with E-state index in [9.17, 15) is 20.1 Å². The van der Waals surface area contributed by atoms with E-state index in [-0.39, 0.29) is 56.4 Å². The van der Waals surface area contributed by atoms with Crippen LogP contribution in [0, 0.1) is 22.7 Å². The summed E-state index contributed by atoms with van der Waals surface area (Å²) in [5, 5.41) is 27.8. The van der Waals surface area contributed by atoms with Crippen molar-refractivity contribution in [1.29, 1.82) is 10.5 Å². The van der Waals surface area contributed by atoms with Gasteiger partial charge in [-0.3, -0.25) is 9.59 Å². The van der Waals surface area contributed by atoms with Crippen molar-refractivity contribution >= 4 is 39.9 Å². The molecule has 0 amide bonds. The molecular formula is C28H17N5O7. The minimum Gasteiger partial charge on any atom is -0.497 e. The van der Waals surface area contributed by atoms with Gasteiger partial charge >= 0.3 is 0 Å². The first-order chi connectivity index (χ1) is 19.5. The minimum atomic E-state index is -0.802. The molecule has 40 heavy (non-hydrogen) atoms. The molecule has 1 N–H and O–H groups in total. The molecular weight excluding hydrogens is 518 g/mol. The van der Waals surface area contributed by atoms with E-state index in [0.717, 1.165) is 10.9 Å². The molecule has 1 aliphatic rings. The zero-order chi connectivity index (χ0) is 28.1. The van der Waals surface area contributed by atoms with E-state index >= 15 is 0 Å². The van der Waals surface area contributed by atoms with Crippen molar-refractivity contribution in [3.63, 3.8) is 0 Å². The number of fused-ring (bicyclic) bond motifs is 4. The number of benzene rings is 2. The third-order valence-electron chi connectivity index (χ3n) is 6.60. The predicted molar refractivity (Wildman–Crippen MR) is 144 cm³/mol. The van der Waals surface area contributed by atoms with Crippen LogP contribution < -0.4 is 30.5 Å². The molecule has 2 aromatic carbocycles. The van der Waals surface area contributed by atoms with E-state index in [0.29, 0.717) is 22.3 Å². The van der Waals surface area contributed by atoms with Crippen molar-refractivity contribution in [2.24, 2.45) is 5.10 Å². The largest absolute Gasteiger partial charge is 0.497 e. The van der Waals surface area contributed by atoms with Gasteiger partial charge in [0.2, 0.25) is 17.1 Å². The van der Waals surface area contributed by atoms with Gasteiger partial charge in [-0.2, -0.15) is 20.3 Å². The summed E-state index contributed by atoms with van der Waals surface area (Å²) in [5.74, 6) is 0.692. The number of ether oxygens (including phenoxy) is 3. The van der Waals surface area contributed by atoms with Crippen LogP contribution in [0.3, 0.4) is 0 Å². The maximum atomic E-state index is 13.8. The average Bonchev–Trinajstić information content (AvgIpc) is 3.37. The van der Waals surface area contributed by atoms with Crippen LogP contribution in [0.4, 0.5) is 11.7 Å². The fourth-order valence-electron chi connectivity index (χ4n) is 4.80. The van der Waals surface area contributed by atoms with E-state index in [1.54, 1.807) is 30.3 Å². The molecule has 0 saturated carbocycles. The molecule has 12 heteroatoms. The number of nitrogens with one attached hydrogen (secondary N) is 1. The normalized spacial score (nSPS) is 11.6. The van der Waals surface area contributed by atoms with E-state index in [1.165, 1.54) is 27.6 Å². The van der Waals surface area contributed by atoms with Crippen molar-refractivity contribution in [2.75, 3.05) is 26.6 Å². The zero-order valence-corrected chi connectivity index (χ0v) is 21.2. The number of furan rings is 1. The van der Waals surface area contributed by atoms with Gasteiger partial charge in [-0.25, -0.2) is 0 Å². The fraction of sp³-hybridized carbons (Fsp3) is 0.107. The van der Waals surface area contributed by atoms with E-state index in [2.05, 4.69) is 16.5 Å². The van der Waals surface area contributed by atoms with Crippen molar-refractivity contribution in [1.82, 2.24) is 4.68 Å². The lowest BCUT2D eigenvalue weighted by Crippen LogP contribution is -2.24. The van der Waals surface area contributed by atoms with Crippen LogP contribution in [-0.2, 0) is 0 Å². The highest BCUT2D eigenvalue weighted by Crippen LogP contribution is 2.44. The monoisotopic (exact) mass is 535 g/mol. The minimum absolute atomic E-state index is 0.0183. The number of hydrogen-bond donors (Lipinski definition) is 1. The molecule has 0 fully saturated rings. The van der Waals surface area contributed by atoms with Gasteiger partial charge < -0.3 is 28.4 Å². The number of nitrogens with zero attached hydrogens (tertiary/aromatic N) is 4. The van der Waals surface area contributed by atoms with Crippen molar-refractivity contribution < 1.29 is 23.0 Å². The quantitative estimate of drug-likeness (QED) is 0.348. The highest BCUT2D eigenvalue weighted by atomic mass is 16.5. The summed E-state index contributed by atoms with van der Waals surface area (Å²) >= 11 is 0. The summed E-state index contributed by atoms with van der Waals surface area (Å²) in [5.41, 5.74) is -0.928. The molecule has 12 nitrogen and oxygen atoms in total. The number of nitriles is 2. The third-order valence-corrected chi connectivity index (χ3v) is 6.60. The van der Waals surface area contributed by atoms with E-state index in [1.807, 2.05) is 6.07 Å². The molecule has 0 radical (unpaired) electrons. The lowest BCUT2D eigenvalue weighted by molar-refractivity contribution is 0.401. The average molecular weight is 535 g/mol. The maximum Gasteiger partial charge on any atom is 0.291 e. The Kier molecular flexibility index (Phi) is 5.52. The number of aromatic nitrogens is 1. The first kappa shape index (κ1) is 24.3. The van der Waals surface area contributed by atoms with Gasteiger partial charge in [0, 0.05) is 5.56 Å². The van der Waals surface area contributed by atoms with Gasteiger partial charge in [0.25, 0.3) is 5.56 Å². The summed E-state index contributed by atoms with van der Waals surface area (Å²) in [4.78, 5) is 27.3. The van der Waals surface area contributed by atoms with Crippen LogP contribution >= 0.6 is 0 Å². The van der Waals surface area contributed by atoms with Gasteiger partial charge in [-0.1, -0.05) is 12.1 Å². The summed E-state index contributed by atoms with van der Waals surface area (Å²) in [6.45, 7) is 0. The Morgan fingerprint density at radius 1 is 0.925 bits per heavy atom. The Labute approximate surface area is 224 Å². The topological polar surface area (TPSA) is 165 Å². The summed E-state index contributed by atoms with van der Waals surface area (Å²) in [6, 6.07) is 12.1. The standard InChI is InChI=1S/C28H17N5O7/c1-36-14-6-4-13(5-7-14)19-16(10-29)26-32-27-18(12-31-33(26)28(35)17(19)11-30)21(34)20-22(37-2)15-8-9-39-23(15)25(38-3)24(20)40-27/h4-9,12,32H,1-3H3. The summed E-state index contributed by atoms with van der Waals surface area (Å²) < 4.78 is 28.8. The molecule has 0 saturated heterocycles. The molecule has 6 rings (SSSR count). The Hall–Kier alpha value is -6.01. The first-order valence-corrected chi connectivity index (χ1v) is 11.7. The SMILES string of the molecule is COc1ccc(-c2c(C#N)c3n(c(=O)c2C#N)N=Cc2c(oc4c(OC)c5occc5c(OC)c4c2=O)N3)cc1. The predicted octanol–water partition coefficient (Wildman–Crippen LogP) is 4.08. The zero-order valence-electron chi connectivity index (χ0n) is 21.2. The number of pyridine rings is 1. The Morgan fingerprint density at radius 3 is 2.30 bits per heavy atom. The highest BCUT2D eigenvalue weighted by molar-refractivity contribution is 6.08. The Bertz CT molecular complexity index is 2110. The van der Waals surface area contributed by atoms with Gasteiger partial charge in [0.1, 0.15) is 45.7 Å². The third kappa shape index (κ3) is 3.27. The molecule has 1 aliphatic heterocycles. The van der Waals surface area contributed by atoms with E-state index in [4.69, 9.17) is 23.0 Å². The van der Waals surface area contributed by atoms with Crippen molar-refractivity contribution in [3.05, 3.63) is 73.9 Å². The van der Waals surface area contributed by atoms with Crippen molar-refractivity contribution in [2.45, 2.75) is 0 Å². The van der Waals surface area contributed by atoms with Crippen LogP contribution in [0.5, 0.6) is 17.2 Å². The van der Waals surface area contributed by atoms with Crippen LogP contribution in [0.2, 0.25) is 0 Å². The second kappa shape index (κ2) is 9.08. The number of rotatable bonds is 4. The molecule has 0 unspecified atom stereocenters. The van der Waals surface area contributed by atoms with Gasteiger partial charge in [0.05, 0.1) is 39.2 Å². The fourth-order valence-corrected chi connectivity index (χ4v) is 4.80. The summed E-state index contributed by atoms with van der Waals surface area (Å²) in [7, 11) is 4.31. The van der Waals surface area contributed by atoms with E-state index < -0.39 is 11.0 Å². The number of anilines is 2. The smallest absolute Gasteiger partial charge is 0.291 e. The second-order valence-corrected chi connectivity index (χ2v) is 8.52.